The summed E-state index contributed by atoms with van der Waals surface area (Å²) in [5.41, 5.74) is 3.24. The maximum atomic E-state index is 13.2. The number of hydrogen-bond donors (Lipinski definition) is 1. The molecular formula is C24H20N2O4. The molecule has 0 saturated carbocycles. The fourth-order valence-electron chi connectivity index (χ4n) is 3.92. The number of benzene rings is 3. The van der Waals surface area contributed by atoms with E-state index in [1.807, 2.05) is 60.7 Å². The van der Waals surface area contributed by atoms with Gasteiger partial charge in [-0.15, -0.1) is 0 Å². The van der Waals surface area contributed by atoms with Crippen LogP contribution in [0.1, 0.15) is 21.5 Å². The first-order chi connectivity index (χ1) is 14.7. The summed E-state index contributed by atoms with van der Waals surface area (Å²) in [5.74, 6) is 1.02. The van der Waals surface area contributed by atoms with E-state index < -0.39 is 6.04 Å². The van der Waals surface area contributed by atoms with Crippen LogP contribution in [0.15, 0.2) is 72.8 Å². The van der Waals surface area contributed by atoms with Gasteiger partial charge in [-0.1, -0.05) is 42.5 Å². The molecule has 0 saturated heterocycles. The molecule has 6 nitrogen and oxygen atoms in total. The molecular weight excluding hydrogens is 380 g/mol. The number of amides is 2. The summed E-state index contributed by atoms with van der Waals surface area (Å²) < 4.78 is 10.7. The summed E-state index contributed by atoms with van der Waals surface area (Å²) in [4.78, 5) is 28.0. The lowest BCUT2D eigenvalue weighted by atomic mass is 10.1. The Hall–Kier alpha value is -3.80. The molecule has 0 spiro atoms. The van der Waals surface area contributed by atoms with E-state index in [1.165, 1.54) is 0 Å². The molecule has 3 aromatic carbocycles. The highest BCUT2D eigenvalue weighted by atomic mass is 16.7. The zero-order valence-corrected chi connectivity index (χ0v) is 16.2. The topological polar surface area (TPSA) is 67.9 Å². The molecule has 0 fully saturated rings. The molecule has 5 rings (SSSR count). The number of carbonyl (C=O) groups excluding carboxylic acids is 2. The number of anilines is 1. The Kier molecular flexibility index (Phi) is 4.59. The van der Waals surface area contributed by atoms with Crippen LogP contribution in [-0.4, -0.2) is 24.6 Å². The van der Waals surface area contributed by atoms with Crippen molar-refractivity contribution in [3.63, 3.8) is 0 Å². The first-order valence-electron chi connectivity index (χ1n) is 9.83. The normalized spacial score (nSPS) is 16.3. The molecule has 2 amide bonds. The van der Waals surface area contributed by atoms with Crippen molar-refractivity contribution in [1.82, 2.24) is 5.32 Å². The van der Waals surface area contributed by atoms with Crippen molar-refractivity contribution in [2.45, 2.75) is 19.0 Å². The molecule has 1 N–H and O–H groups in total. The number of para-hydroxylation sites is 1. The Balaban J connectivity index is 1.37. The molecule has 150 valence electrons. The second-order valence-electron chi connectivity index (χ2n) is 7.30. The van der Waals surface area contributed by atoms with Crippen LogP contribution in [0.3, 0.4) is 0 Å². The van der Waals surface area contributed by atoms with E-state index in [4.69, 9.17) is 9.47 Å². The van der Waals surface area contributed by atoms with Gasteiger partial charge in [-0.05, 0) is 41.5 Å². The lowest BCUT2D eigenvalue weighted by Crippen LogP contribution is -2.48. The van der Waals surface area contributed by atoms with Crippen LogP contribution >= 0.6 is 0 Å². The van der Waals surface area contributed by atoms with Crippen molar-refractivity contribution in [2.75, 3.05) is 11.7 Å². The third kappa shape index (κ3) is 3.26. The first-order valence-corrected chi connectivity index (χ1v) is 9.83. The zero-order valence-electron chi connectivity index (χ0n) is 16.2. The van der Waals surface area contributed by atoms with Crippen LogP contribution in [0.4, 0.5) is 5.69 Å². The Morgan fingerprint density at radius 1 is 0.933 bits per heavy atom. The summed E-state index contributed by atoms with van der Waals surface area (Å²) >= 11 is 0. The minimum absolute atomic E-state index is 0.177. The van der Waals surface area contributed by atoms with E-state index in [0.29, 0.717) is 30.0 Å². The quantitative estimate of drug-likeness (QED) is 0.730. The molecule has 1 unspecified atom stereocenters. The number of nitrogens with one attached hydrogen (secondary N) is 1. The van der Waals surface area contributed by atoms with E-state index in [0.717, 1.165) is 16.8 Å². The van der Waals surface area contributed by atoms with Crippen LogP contribution < -0.4 is 19.7 Å². The van der Waals surface area contributed by atoms with Gasteiger partial charge in [0.25, 0.3) is 5.91 Å². The Morgan fingerprint density at radius 2 is 1.70 bits per heavy atom. The highest BCUT2D eigenvalue weighted by Crippen LogP contribution is 2.34. The van der Waals surface area contributed by atoms with Crippen LogP contribution in [0, 0.1) is 0 Å². The zero-order chi connectivity index (χ0) is 20.5. The molecule has 0 bridgehead atoms. The number of hydrogen-bond acceptors (Lipinski definition) is 4. The average molecular weight is 400 g/mol. The molecule has 3 aromatic rings. The number of nitrogens with zero attached hydrogens (tertiary/aromatic N) is 1. The van der Waals surface area contributed by atoms with Crippen molar-refractivity contribution in [3.8, 4) is 11.5 Å². The average Bonchev–Trinajstić information content (AvgIpc) is 3.41. The van der Waals surface area contributed by atoms with Gasteiger partial charge in [-0.3, -0.25) is 14.5 Å². The van der Waals surface area contributed by atoms with Gasteiger partial charge < -0.3 is 14.8 Å². The minimum atomic E-state index is -0.593. The summed E-state index contributed by atoms with van der Waals surface area (Å²) in [5, 5.41) is 2.97. The van der Waals surface area contributed by atoms with Crippen molar-refractivity contribution in [3.05, 3.63) is 89.5 Å². The van der Waals surface area contributed by atoms with Crippen LogP contribution in [0.5, 0.6) is 11.5 Å². The largest absolute Gasteiger partial charge is 0.454 e. The molecule has 6 heteroatoms. The van der Waals surface area contributed by atoms with Gasteiger partial charge in [0.15, 0.2) is 11.5 Å². The third-order valence-corrected chi connectivity index (χ3v) is 5.42. The Bertz CT molecular complexity index is 1110. The Labute approximate surface area is 174 Å². The third-order valence-electron chi connectivity index (χ3n) is 5.42. The van der Waals surface area contributed by atoms with Crippen molar-refractivity contribution < 1.29 is 19.1 Å². The lowest BCUT2D eigenvalue weighted by molar-refractivity contribution is -0.122. The van der Waals surface area contributed by atoms with Gasteiger partial charge in [-0.2, -0.15) is 0 Å². The fourth-order valence-corrected chi connectivity index (χ4v) is 3.92. The molecule has 0 radical (unpaired) electrons. The van der Waals surface area contributed by atoms with Gasteiger partial charge in [0, 0.05) is 24.2 Å². The summed E-state index contributed by atoms with van der Waals surface area (Å²) in [6.07, 6.45) is 0.488. The maximum Gasteiger partial charge on any atom is 0.259 e. The molecule has 0 aliphatic carbocycles. The van der Waals surface area contributed by atoms with Gasteiger partial charge in [0.1, 0.15) is 6.04 Å². The number of ether oxygens (including phenoxy) is 2. The summed E-state index contributed by atoms with van der Waals surface area (Å²) in [6.45, 7) is 0.553. The molecule has 1 atom stereocenters. The smallest absolute Gasteiger partial charge is 0.259 e. The highest BCUT2D eigenvalue weighted by Gasteiger charge is 2.38. The van der Waals surface area contributed by atoms with E-state index in [-0.39, 0.29) is 18.6 Å². The first kappa shape index (κ1) is 18.2. The standard InChI is InChI=1S/C24H20N2O4/c27-23(25-14-16-10-11-21-22(12-16)30-15-29-21)20-13-18-8-4-5-9-19(18)26(20)24(28)17-6-2-1-3-7-17/h1-12,20H,13-15H2,(H,25,27). The predicted octanol–water partition coefficient (Wildman–Crippen LogP) is 3.30. The number of carbonyl (C=O) groups is 2. The molecule has 2 aliphatic heterocycles. The predicted molar refractivity (Wildman–Crippen MR) is 112 cm³/mol. The van der Waals surface area contributed by atoms with Crippen molar-refractivity contribution in [1.29, 1.82) is 0 Å². The van der Waals surface area contributed by atoms with Crippen molar-refractivity contribution in [2.24, 2.45) is 0 Å². The van der Waals surface area contributed by atoms with Crippen LogP contribution in [0.25, 0.3) is 0 Å². The van der Waals surface area contributed by atoms with Gasteiger partial charge in [0.2, 0.25) is 12.7 Å². The molecule has 0 aromatic heterocycles. The van der Waals surface area contributed by atoms with Crippen LogP contribution in [0.2, 0.25) is 0 Å². The van der Waals surface area contributed by atoms with Gasteiger partial charge in [0.05, 0.1) is 0 Å². The van der Waals surface area contributed by atoms with E-state index in [9.17, 15) is 9.59 Å². The maximum absolute atomic E-state index is 13.2. The van der Waals surface area contributed by atoms with Gasteiger partial charge in [-0.25, -0.2) is 0 Å². The molecule has 2 heterocycles. The second kappa shape index (κ2) is 7.55. The van der Waals surface area contributed by atoms with E-state index in [1.54, 1.807) is 17.0 Å². The minimum Gasteiger partial charge on any atom is -0.454 e. The fraction of sp³-hybridized carbons (Fsp3) is 0.167. The SMILES string of the molecule is O=C(NCc1ccc2c(c1)OCO2)C1Cc2ccccc2N1C(=O)c1ccccc1. The Morgan fingerprint density at radius 3 is 2.57 bits per heavy atom. The van der Waals surface area contributed by atoms with Crippen LogP contribution in [-0.2, 0) is 17.8 Å². The number of fused-ring (bicyclic) bond motifs is 2. The molecule has 2 aliphatic rings. The van der Waals surface area contributed by atoms with Crippen molar-refractivity contribution >= 4 is 17.5 Å². The molecule has 30 heavy (non-hydrogen) atoms. The monoisotopic (exact) mass is 400 g/mol. The lowest BCUT2D eigenvalue weighted by Gasteiger charge is -2.25. The van der Waals surface area contributed by atoms with Gasteiger partial charge >= 0.3 is 0 Å². The summed E-state index contributed by atoms with van der Waals surface area (Å²) in [6, 6.07) is 21.7. The number of rotatable bonds is 4. The second-order valence-corrected chi connectivity index (χ2v) is 7.30. The highest BCUT2D eigenvalue weighted by molar-refractivity contribution is 6.11. The van der Waals surface area contributed by atoms with E-state index >= 15 is 0 Å². The van der Waals surface area contributed by atoms with E-state index in [2.05, 4.69) is 5.32 Å². The summed E-state index contributed by atoms with van der Waals surface area (Å²) in [7, 11) is 0.